The summed E-state index contributed by atoms with van der Waals surface area (Å²) in [4.78, 5) is 11.4. The summed E-state index contributed by atoms with van der Waals surface area (Å²) in [6.45, 7) is 0. The van der Waals surface area contributed by atoms with Crippen LogP contribution in [0.1, 0.15) is 36.4 Å². The Labute approximate surface area is 112 Å². The summed E-state index contributed by atoms with van der Waals surface area (Å²) >= 11 is 6.36. The van der Waals surface area contributed by atoms with Crippen LogP contribution in [-0.2, 0) is 11.2 Å². The normalized spacial score (nSPS) is 20.2. The summed E-state index contributed by atoms with van der Waals surface area (Å²) in [5.74, 6) is 0.735. The molecule has 1 fully saturated rings. The van der Waals surface area contributed by atoms with Crippen LogP contribution in [0, 0.1) is 5.92 Å². The highest BCUT2D eigenvalue weighted by Crippen LogP contribution is 2.41. The van der Waals surface area contributed by atoms with Crippen LogP contribution in [0.25, 0.3) is 0 Å². The highest BCUT2D eigenvalue weighted by molar-refractivity contribution is 6.32. The van der Waals surface area contributed by atoms with Gasteiger partial charge in [-0.25, -0.2) is 0 Å². The molecule has 1 atom stereocenters. The van der Waals surface area contributed by atoms with Gasteiger partial charge in [0.15, 0.2) is 0 Å². The van der Waals surface area contributed by atoms with Crippen molar-refractivity contribution in [2.24, 2.45) is 5.92 Å². The molecule has 1 aliphatic carbocycles. The second kappa shape index (κ2) is 4.56. The molecule has 1 saturated carbocycles. The zero-order chi connectivity index (χ0) is 12.7. The monoisotopic (exact) mass is 264 g/mol. The second-order valence-electron chi connectivity index (χ2n) is 5.21. The minimum atomic E-state index is 0.0582. The number of amides is 1. The molecule has 0 saturated heterocycles. The third kappa shape index (κ3) is 1.91. The van der Waals surface area contributed by atoms with Crippen LogP contribution < -0.4 is 10.6 Å². The average molecular weight is 265 g/mol. The predicted molar refractivity (Wildman–Crippen MR) is 72.9 cm³/mol. The van der Waals surface area contributed by atoms with Gasteiger partial charge in [-0.05, 0) is 43.0 Å². The molecular formula is C14H17ClN2O. The lowest BCUT2D eigenvalue weighted by Crippen LogP contribution is -2.30. The fourth-order valence-electron chi connectivity index (χ4n) is 2.92. The van der Waals surface area contributed by atoms with E-state index in [-0.39, 0.29) is 5.91 Å². The SMILES string of the molecule is CNC(c1cc2c(cc1Cl)NC(=O)C2)C1CCC1. The lowest BCUT2D eigenvalue weighted by atomic mass is 9.77. The Kier molecular flexibility index (Phi) is 3.04. The molecule has 0 spiro atoms. The number of halogens is 1. The minimum absolute atomic E-state index is 0.0582. The van der Waals surface area contributed by atoms with Crippen molar-refractivity contribution in [1.82, 2.24) is 5.32 Å². The van der Waals surface area contributed by atoms with Gasteiger partial charge in [0.25, 0.3) is 0 Å². The molecule has 1 aromatic carbocycles. The largest absolute Gasteiger partial charge is 0.325 e. The Morgan fingerprint density at radius 2 is 2.22 bits per heavy atom. The molecule has 3 rings (SSSR count). The van der Waals surface area contributed by atoms with Crippen molar-refractivity contribution in [1.29, 1.82) is 0 Å². The van der Waals surface area contributed by atoms with Crippen LogP contribution in [0.5, 0.6) is 0 Å². The highest BCUT2D eigenvalue weighted by atomic mass is 35.5. The number of carbonyl (C=O) groups excluding carboxylic acids is 1. The first-order chi connectivity index (χ1) is 8.69. The molecule has 1 aromatic rings. The molecule has 0 bridgehead atoms. The van der Waals surface area contributed by atoms with Gasteiger partial charge in [0.2, 0.25) is 5.91 Å². The van der Waals surface area contributed by atoms with E-state index in [1.807, 2.05) is 13.1 Å². The van der Waals surface area contributed by atoms with Crippen molar-refractivity contribution in [3.63, 3.8) is 0 Å². The predicted octanol–water partition coefficient (Wildman–Crippen LogP) is 2.90. The van der Waals surface area contributed by atoms with Crippen molar-refractivity contribution in [3.05, 3.63) is 28.3 Å². The van der Waals surface area contributed by atoms with Gasteiger partial charge in [-0.1, -0.05) is 24.1 Å². The Hall–Kier alpha value is -1.06. The van der Waals surface area contributed by atoms with Crippen molar-refractivity contribution in [2.75, 3.05) is 12.4 Å². The number of fused-ring (bicyclic) bond motifs is 1. The molecule has 96 valence electrons. The Morgan fingerprint density at radius 3 is 2.83 bits per heavy atom. The number of benzene rings is 1. The second-order valence-corrected chi connectivity index (χ2v) is 5.62. The van der Waals surface area contributed by atoms with E-state index in [2.05, 4.69) is 16.7 Å². The Morgan fingerprint density at radius 1 is 1.44 bits per heavy atom. The fourth-order valence-corrected chi connectivity index (χ4v) is 3.20. The number of rotatable bonds is 3. The molecule has 4 heteroatoms. The summed E-state index contributed by atoms with van der Waals surface area (Å²) < 4.78 is 0. The molecule has 1 heterocycles. The maximum Gasteiger partial charge on any atom is 0.228 e. The summed E-state index contributed by atoms with van der Waals surface area (Å²) in [7, 11) is 1.98. The fraction of sp³-hybridized carbons (Fsp3) is 0.500. The average Bonchev–Trinajstić information content (AvgIpc) is 2.61. The number of hydrogen-bond acceptors (Lipinski definition) is 2. The zero-order valence-electron chi connectivity index (χ0n) is 10.4. The molecule has 0 radical (unpaired) electrons. The first-order valence-electron chi connectivity index (χ1n) is 6.48. The molecule has 2 aliphatic rings. The van der Waals surface area contributed by atoms with E-state index in [0.717, 1.165) is 21.8 Å². The minimum Gasteiger partial charge on any atom is -0.325 e. The molecule has 18 heavy (non-hydrogen) atoms. The van der Waals surface area contributed by atoms with Crippen LogP contribution in [0.15, 0.2) is 12.1 Å². The van der Waals surface area contributed by atoms with Gasteiger partial charge in [0, 0.05) is 16.8 Å². The van der Waals surface area contributed by atoms with Crippen LogP contribution >= 0.6 is 11.6 Å². The topological polar surface area (TPSA) is 41.1 Å². The van der Waals surface area contributed by atoms with Gasteiger partial charge in [-0.15, -0.1) is 0 Å². The highest BCUT2D eigenvalue weighted by Gasteiger charge is 2.30. The van der Waals surface area contributed by atoms with Gasteiger partial charge in [0.1, 0.15) is 0 Å². The molecule has 0 aromatic heterocycles. The lowest BCUT2D eigenvalue weighted by molar-refractivity contribution is -0.115. The van der Waals surface area contributed by atoms with E-state index < -0.39 is 0 Å². The number of anilines is 1. The first-order valence-corrected chi connectivity index (χ1v) is 6.86. The first kappa shape index (κ1) is 12.0. The van der Waals surface area contributed by atoms with E-state index in [1.54, 1.807) is 0 Å². The van der Waals surface area contributed by atoms with Crippen molar-refractivity contribution >= 4 is 23.2 Å². The van der Waals surface area contributed by atoms with Crippen LogP contribution in [0.2, 0.25) is 5.02 Å². The Balaban J connectivity index is 1.96. The van der Waals surface area contributed by atoms with E-state index in [9.17, 15) is 4.79 Å². The van der Waals surface area contributed by atoms with Crippen LogP contribution in [0.3, 0.4) is 0 Å². The van der Waals surface area contributed by atoms with E-state index in [0.29, 0.717) is 18.4 Å². The van der Waals surface area contributed by atoms with E-state index >= 15 is 0 Å². The zero-order valence-corrected chi connectivity index (χ0v) is 11.2. The summed E-state index contributed by atoms with van der Waals surface area (Å²) in [6.07, 6.45) is 4.30. The van der Waals surface area contributed by atoms with Gasteiger partial charge in [0.05, 0.1) is 6.42 Å². The smallest absolute Gasteiger partial charge is 0.228 e. The summed E-state index contributed by atoms with van der Waals surface area (Å²) in [5.41, 5.74) is 3.08. The molecule has 1 aliphatic heterocycles. The van der Waals surface area contributed by atoms with Gasteiger partial charge < -0.3 is 10.6 Å². The van der Waals surface area contributed by atoms with Crippen LogP contribution in [-0.4, -0.2) is 13.0 Å². The summed E-state index contributed by atoms with van der Waals surface area (Å²) in [6, 6.07) is 4.29. The summed E-state index contributed by atoms with van der Waals surface area (Å²) in [5, 5.41) is 6.96. The standard InChI is InChI=1S/C14H17ClN2O/c1-16-14(8-3-2-4-8)10-5-9-6-13(18)17-12(9)7-11(10)15/h5,7-8,14,16H,2-4,6H2,1H3,(H,17,18). The number of carbonyl (C=O) groups is 1. The van der Waals surface area contributed by atoms with Gasteiger partial charge in [-0.3, -0.25) is 4.79 Å². The third-order valence-corrected chi connectivity index (χ3v) is 4.44. The molecule has 3 nitrogen and oxygen atoms in total. The maximum atomic E-state index is 11.4. The van der Waals surface area contributed by atoms with Crippen molar-refractivity contribution in [2.45, 2.75) is 31.7 Å². The molecule has 1 unspecified atom stereocenters. The van der Waals surface area contributed by atoms with Crippen LogP contribution in [0.4, 0.5) is 5.69 Å². The van der Waals surface area contributed by atoms with Gasteiger partial charge >= 0.3 is 0 Å². The lowest BCUT2D eigenvalue weighted by Gasteiger charge is -2.34. The third-order valence-electron chi connectivity index (χ3n) is 4.11. The van der Waals surface area contributed by atoms with Gasteiger partial charge in [-0.2, -0.15) is 0 Å². The number of hydrogen-bond donors (Lipinski definition) is 2. The molecular weight excluding hydrogens is 248 g/mol. The maximum absolute atomic E-state index is 11.4. The Bertz CT molecular complexity index is 497. The quantitative estimate of drug-likeness (QED) is 0.881. The number of nitrogens with one attached hydrogen (secondary N) is 2. The van der Waals surface area contributed by atoms with E-state index in [4.69, 9.17) is 11.6 Å². The molecule has 2 N–H and O–H groups in total. The molecule has 1 amide bonds. The van der Waals surface area contributed by atoms with Crippen molar-refractivity contribution in [3.8, 4) is 0 Å². The van der Waals surface area contributed by atoms with E-state index in [1.165, 1.54) is 19.3 Å². The van der Waals surface area contributed by atoms with Crippen molar-refractivity contribution < 1.29 is 4.79 Å².